The number of halogens is 7. The van der Waals surface area contributed by atoms with E-state index < -0.39 is 43.9 Å². The summed E-state index contributed by atoms with van der Waals surface area (Å²) in [6.07, 6.45) is -5.42. The molecule has 1 fully saturated rings. The predicted octanol–water partition coefficient (Wildman–Crippen LogP) is 6.26. The van der Waals surface area contributed by atoms with E-state index in [0.29, 0.717) is 53.9 Å². The molecule has 5 nitrogen and oxygen atoms in total. The zero-order valence-corrected chi connectivity index (χ0v) is 21.1. The monoisotopic (exact) mass is 558 g/mol. The number of nitrogens with one attached hydrogen (secondary N) is 2. The summed E-state index contributed by atoms with van der Waals surface area (Å²) in [5, 5.41) is 3.86. The van der Waals surface area contributed by atoms with Gasteiger partial charge in [-0.2, -0.15) is 8.78 Å². The Labute approximate surface area is 220 Å². The Morgan fingerprint density at radius 1 is 1.08 bits per heavy atom. The molecule has 0 bridgehead atoms. The van der Waals surface area contributed by atoms with E-state index in [-0.39, 0.29) is 23.8 Å². The van der Waals surface area contributed by atoms with Gasteiger partial charge in [-0.15, -0.1) is 0 Å². The fraction of sp³-hybridized carbons (Fsp3) is 0.481. The second-order valence-electron chi connectivity index (χ2n) is 10.1. The summed E-state index contributed by atoms with van der Waals surface area (Å²) in [4.78, 5) is 6.04. The van der Waals surface area contributed by atoms with Gasteiger partial charge >= 0.3 is 6.61 Å². The molecule has 39 heavy (non-hydrogen) atoms. The maximum Gasteiger partial charge on any atom is 0.387 e. The summed E-state index contributed by atoms with van der Waals surface area (Å²) in [5.74, 6) is -0.806. The SMILES string of the molecule is C[C@@H]1Cc2c([nH]c3cc(F)ccc23)C(c2ccc(NC3CN(CCCF)C3)cc2OC(F)F)N1C(F)C(F)F. The first kappa shape index (κ1) is 27.6. The largest absolute Gasteiger partial charge is 0.434 e. The van der Waals surface area contributed by atoms with E-state index in [1.54, 1.807) is 19.1 Å². The lowest BCUT2D eigenvalue weighted by Gasteiger charge is -2.43. The van der Waals surface area contributed by atoms with Crippen molar-refractivity contribution in [3.63, 3.8) is 0 Å². The number of H-pyrrole nitrogens is 1. The predicted molar refractivity (Wildman–Crippen MR) is 134 cm³/mol. The molecule has 12 heteroatoms. The average molecular weight is 559 g/mol. The molecule has 212 valence electrons. The van der Waals surface area contributed by atoms with Crippen LogP contribution in [-0.2, 0) is 6.42 Å². The van der Waals surface area contributed by atoms with Crippen molar-refractivity contribution in [2.45, 2.75) is 57.2 Å². The molecule has 5 rings (SSSR count). The molecule has 3 heterocycles. The van der Waals surface area contributed by atoms with Crippen LogP contribution in [0.2, 0.25) is 0 Å². The van der Waals surface area contributed by atoms with Crippen molar-refractivity contribution in [3.8, 4) is 5.75 Å². The third-order valence-electron chi connectivity index (χ3n) is 7.43. The number of rotatable bonds is 10. The topological polar surface area (TPSA) is 43.5 Å². The van der Waals surface area contributed by atoms with Crippen molar-refractivity contribution in [3.05, 3.63) is 59.0 Å². The maximum atomic E-state index is 15.1. The highest BCUT2D eigenvalue weighted by Gasteiger charge is 2.44. The van der Waals surface area contributed by atoms with E-state index >= 15 is 4.39 Å². The average Bonchev–Trinajstić information content (AvgIpc) is 3.21. The van der Waals surface area contributed by atoms with E-state index in [4.69, 9.17) is 4.74 Å². The minimum absolute atomic E-state index is 0.00493. The van der Waals surface area contributed by atoms with Crippen LogP contribution < -0.4 is 10.1 Å². The molecule has 1 saturated heterocycles. The molecule has 2 aliphatic heterocycles. The Morgan fingerprint density at radius 3 is 2.54 bits per heavy atom. The van der Waals surface area contributed by atoms with Crippen molar-refractivity contribution in [1.82, 2.24) is 14.8 Å². The lowest BCUT2D eigenvalue weighted by molar-refractivity contribution is -0.0857. The molecule has 2 aliphatic rings. The van der Waals surface area contributed by atoms with Gasteiger partial charge in [0, 0.05) is 59.6 Å². The quantitative estimate of drug-likeness (QED) is 0.228. The van der Waals surface area contributed by atoms with Gasteiger partial charge in [0.05, 0.1) is 18.8 Å². The number of alkyl halides is 6. The third-order valence-corrected chi connectivity index (χ3v) is 7.43. The van der Waals surface area contributed by atoms with Crippen LogP contribution >= 0.6 is 0 Å². The Balaban J connectivity index is 1.55. The molecular formula is C27H29F7N4O. The fourth-order valence-corrected chi connectivity index (χ4v) is 5.75. The molecule has 0 spiro atoms. The van der Waals surface area contributed by atoms with Crippen LogP contribution in [-0.4, -0.2) is 72.5 Å². The number of nitrogens with zero attached hydrogens (tertiary/aromatic N) is 2. The Kier molecular flexibility index (Phi) is 7.95. The van der Waals surface area contributed by atoms with Gasteiger partial charge in [-0.25, -0.2) is 17.6 Å². The third kappa shape index (κ3) is 5.54. The molecule has 0 radical (unpaired) electrons. The molecule has 3 atom stereocenters. The first-order chi connectivity index (χ1) is 18.7. The Bertz CT molecular complexity index is 1300. The Morgan fingerprint density at radius 2 is 1.85 bits per heavy atom. The van der Waals surface area contributed by atoms with Crippen LogP contribution in [0.15, 0.2) is 36.4 Å². The maximum absolute atomic E-state index is 15.1. The standard InChI is InChI=1S/C27H29F7N4O/c1-14-9-20-18-5-3-15(29)10-21(18)36-23(20)24(38(14)26(32)25(30)31)19-6-4-16(11-22(19)39-27(33)34)35-17-12-37(13-17)8-2-7-28/h3-6,10-11,14,17,24-27,35-36H,2,7-9,12-13H2,1H3/t14-,24?,26?/m1/s1. The molecule has 0 saturated carbocycles. The van der Waals surface area contributed by atoms with Crippen molar-refractivity contribution in [2.24, 2.45) is 0 Å². The van der Waals surface area contributed by atoms with Gasteiger partial charge < -0.3 is 15.0 Å². The van der Waals surface area contributed by atoms with Crippen molar-refractivity contribution >= 4 is 16.6 Å². The highest BCUT2D eigenvalue weighted by atomic mass is 19.3. The summed E-state index contributed by atoms with van der Waals surface area (Å²) < 4.78 is 101. The zero-order chi connectivity index (χ0) is 27.8. The number of ether oxygens (including phenoxy) is 1. The number of benzene rings is 2. The van der Waals surface area contributed by atoms with Gasteiger partial charge in [-0.1, -0.05) is 6.07 Å². The van der Waals surface area contributed by atoms with Crippen LogP contribution in [0.4, 0.5) is 36.4 Å². The number of hydrogen-bond acceptors (Lipinski definition) is 4. The molecule has 2 unspecified atom stereocenters. The Hall–Kier alpha value is -2.99. The number of hydrogen-bond donors (Lipinski definition) is 2. The minimum atomic E-state index is -3.35. The molecule has 0 aliphatic carbocycles. The van der Waals surface area contributed by atoms with E-state index in [9.17, 15) is 26.3 Å². The molecule has 3 aromatic rings. The van der Waals surface area contributed by atoms with Crippen LogP contribution in [0.25, 0.3) is 10.9 Å². The number of anilines is 1. The molecule has 2 aromatic carbocycles. The van der Waals surface area contributed by atoms with Gasteiger partial charge in [-0.05, 0) is 49.6 Å². The van der Waals surface area contributed by atoms with Gasteiger partial charge in [0.1, 0.15) is 11.6 Å². The zero-order valence-electron chi connectivity index (χ0n) is 21.1. The summed E-state index contributed by atoms with van der Waals surface area (Å²) in [6, 6.07) is 6.52. The lowest BCUT2D eigenvalue weighted by Crippen LogP contribution is -2.54. The number of likely N-dealkylation sites (tertiary alicyclic amines) is 1. The fourth-order valence-electron chi connectivity index (χ4n) is 5.75. The van der Waals surface area contributed by atoms with E-state index in [2.05, 4.69) is 15.2 Å². The number of fused-ring (bicyclic) bond motifs is 3. The lowest BCUT2D eigenvalue weighted by atomic mass is 9.88. The van der Waals surface area contributed by atoms with Crippen LogP contribution in [0.5, 0.6) is 5.75 Å². The second-order valence-corrected chi connectivity index (χ2v) is 10.1. The molecule has 2 N–H and O–H groups in total. The smallest absolute Gasteiger partial charge is 0.387 e. The van der Waals surface area contributed by atoms with E-state index in [0.717, 1.165) is 4.90 Å². The van der Waals surface area contributed by atoms with Crippen molar-refractivity contribution < 1.29 is 35.5 Å². The summed E-state index contributed by atoms with van der Waals surface area (Å²) in [7, 11) is 0. The van der Waals surface area contributed by atoms with E-state index in [1.807, 2.05) is 0 Å². The van der Waals surface area contributed by atoms with Crippen LogP contribution in [0.3, 0.4) is 0 Å². The first-order valence-corrected chi connectivity index (χ1v) is 12.8. The minimum Gasteiger partial charge on any atom is -0.434 e. The second kappa shape index (κ2) is 11.2. The van der Waals surface area contributed by atoms with Gasteiger partial charge in [-0.3, -0.25) is 14.2 Å². The van der Waals surface area contributed by atoms with Crippen molar-refractivity contribution in [2.75, 3.05) is 31.6 Å². The normalized spacial score (nSPS) is 21.4. The van der Waals surface area contributed by atoms with E-state index in [1.165, 1.54) is 24.3 Å². The first-order valence-electron chi connectivity index (χ1n) is 12.8. The highest BCUT2D eigenvalue weighted by Crippen LogP contribution is 2.46. The van der Waals surface area contributed by atoms with Crippen LogP contribution in [0, 0.1) is 5.82 Å². The number of aromatic amines is 1. The molecular weight excluding hydrogens is 529 g/mol. The summed E-state index contributed by atoms with van der Waals surface area (Å²) in [6.45, 7) is -0.127. The highest BCUT2D eigenvalue weighted by molar-refractivity contribution is 5.85. The van der Waals surface area contributed by atoms with Gasteiger partial charge in [0.2, 0.25) is 6.30 Å². The number of aromatic nitrogens is 1. The molecule has 0 amide bonds. The summed E-state index contributed by atoms with van der Waals surface area (Å²) in [5.41, 5.74) is 1.92. The van der Waals surface area contributed by atoms with Gasteiger partial charge in [0.25, 0.3) is 6.43 Å². The summed E-state index contributed by atoms with van der Waals surface area (Å²) >= 11 is 0. The van der Waals surface area contributed by atoms with Crippen LogP contribution in [0.1, 0.15) is 36.2 Å². The van der Waals surface area contributed by atoms with Crippen molar-refractivity contribution in [1.29, 1.82) is 0 Å². The van der Waals surface area contributed by atoms with Gasteiger partial charge in [0.15, 0.2) is 0 Å². The molecule has 1 aromatic heterocycles.